The van der Waals surface area contributed by atoms with Crippen LogP contribution in [0.5, 0.6) is 0 Å². The zero-order chi connectivity index (χ0) is 8.06. The summed E-state index contributed by atoms with van der Waals surface area (Å²) in [7, 11) is 0. The molecule has 0 amide bonds. The van der Waals surface area contributed by atoms with Crippen molar-refractivity contribution >= 4 is 0 Å². The highest BCUT2D eigenvalue weighted by Crippen LogP contribution is 2.50. The topological polar surface area (TPSA) is 27.0 Å². The normalized spacial score (nSPS) is 42.2. The Balaban J connectivity index is 2.19. The van der Waals surface area contributed by atoms with Crippen LogP contribution in [0.4, 0.5) is 0 Å². The molecule has 11 heavy (non-hydrogen) atoms. The molecule has 0 N–H and O–H groups in total. The van der Waals surface area contributed by atoms with Crippen molar-refractivity contribution < 1.29 is 0 Å². The standard InChI is InChI=1S/C9H14N2/c1-7(2)11-5-8-3-9(11,4-8)6-10/h7-8H,3-5H2,1-2H3. The van der Waals surface area contributed by atoms with Gasteiger partial charge in [0.1, 0.15) is 5.54 Å². The van der Waals surface area contributed by atoms with E-state index in [1.54, 1.807) is 0 Å². The molecule has 2 saturated heterocycles. The Bertz CT molecular complexity index is 208. The Labute approximate surface area is 67.8 Å². The van der Waals surface area contributed by atoms with Crippen LogP contribution >= 0.6 is 0 Å². The minimum Gasteiger partial charge on any atom is -0.283 e. The Kier molecular flexibility index (Phi) is 1.28. The molecular weight excluding hydrogens is 136 g/mol. The minimum absolute atomic E-state index is 0.0428. The molecule has 2 bridgehead atoms. The molecule has 0 aromatic heterocycles. The molecule has 1 aliphatic carbocycles. The third kappa shape index (κ3) is 0.750. The lowest BCUT2D eigenvalue weighted by atomic mass is 9.74. The molecular formula is C9H14N2. The maximum Gasteiger partial charge on any atom is 0.110 e. The Morgan fingerprint density at radius 3 is 2.55 bits per heavy atom. The highest BCUT2D eigenvalue weighted by Gasteiger charge is 2.57. The first-order valence-electron chi connectivity index (χ1n) is 4.36. The van der Waals surface area contributed by atoms with E-state index in [2.05, 4.69) is 24.8 Å². The molecule has 3 fully saturated rings. The fourth-order valence-electron chi connectivity index (χ4n) is 2.57. The second kappa shape index (κ2) is 1.98. The predicted molar refractivity (Wildman–Crippen MR) is 42.9 cm³/mol. The van der Waals surface area contributed by atoms with Gasteiger partial charge in [-0.1, -0.05) is 0 Å². The average molecular weight is 150 g/mol. The van der Waals surface area contributed by atoms with Crippen LogP contribution in [0.2, 0.25) is 0 Å². The molecule has 1 saturated carbocycles. The van der Waals surface area contributed by atoms with Crippen molar-refractivity contribution in [1.82, 2.24) is 4.90 Å². The molecule has 60 valence electrons. The van der Waals surface area contributed by atoms with E-state index in [1.165, 1.54) is 0 Å². The summed E-state index contributed by atoms with van der Waals surface area (Å²) in [6.07, 6.45) is 2.25. The molecule has 0 atom stereocenters. The van der Waals surface area contributed by atoms with Crippen LogP contribution in [0.1, 0.15) is 26.7 Å². The van der Waals surface area contributed by atoms with Crippen LogP contribution in [0.25, 0.3) is 0 Å². The summed E-state index contributed by atoms with van der Waals surface area (Å²) in [5.74, 6) is 0.831. The van der Waals surface area contributed by atoms with Crippen LogP contribution in [-0.2, 0) is 0 Å². The zero-order valence-corrected chi connectivity index (χ0v) is 7.17. The predicted octanol–water partition coefficient (Wildman–Crippen LogP) is 1.38. The molecule has 0 unspecified atom stereocenters. The van der Waals surface area contributed by atoms with Crippen molar-refractivity contribution in [2.45, 2.75) is 38.3 Å². The van der Waals surface area contributed by atoms with E-state index in [1.807, 2.05) is 0 Å². The summed E-state index contributed by atoms with van der Waals surface area (Å²) in [6, 6.07) is 3.01. The fourth-order valence-corrected chi connectivity index (χ4v) is 2.57. The maximum atomic E-state index is 8.99. The van der Waals surface area contributed by atoms with E-state index >= 15 is 0 Å². The molecule has 2 nitrogen and oxygen atoms in total. The summed E-state index contributed by atoms with van der Waals surface area (Å²) in [4.78, 5) is 2.36. The number of fused-ring (bicyclic) bond motifs is 1. The van der Waals surface area contributed by atoms with Gasteiger partial charge >= 0.3 is 0 Å². The first-order valence-corrected chi connectivity index (χ1v) is 4.36. The lowest BCUT2D eigenvalue weighted by molar-refractivity contribution is 0.139. The lowest BCUT2D eigenvalue weighted by Crippen LogP contribution is -2.47. The highest BCUT2D eigenvalue weighted by atomic mass is 15.3. The molecule has 2 aliphatic heterocycles. The molecule has 2 heterocycles. The number of rotatable bonds is 1. The van der Waals surface area contributed by atoms with Gasteiger partial charge in [-0.25, -0.2) is 0 Å². The van der Waals surface area contributed by atoms with E-state index in [0.717, 1.165) is 25.3 Å². The van der Waals surface area contributed by atoms with Crippen molar-refractivity contribution in [3.8, 4) is 6.07 Å². The Hall–Kier alpha value is -0.550. The average Bonchev–Trinajstić information content (AvgIpc) is 2.37. The van der Waals surface area contributed by atoms with Crippen molar-refractivity contribution in [2.24, 2.45) is 5.92 Å². The van der Waals surface area contributed by atoms with Crippen LogP contribution in [0.3, 0.4) is 0 Å². The van der Waals surface area contributed by atoms with Gasteiger partial charge in [-0.3, -0.25) is 4.90 Å². The molecule has 3 rings (SSSR count). The number of nitrogens with zero attached hydrogens (tertiary/aromatic N) is 2. The van der Waals surface area contributed by atoms with E-state index < -0.39 is 0 Å². The first-order chi connectivity index (χ1) is 5.18. The Morgan fingerprint density at radius 1 is 1.55 bits per heavy atom. The van der Waals surface area contributed by atoms with Crippen LogP contribution in [0.15, 0.2) is 0 Å². The third-order valence-electron chi connectivity index (χ3n) is 3.09. The van der Waals surface area contributed by atoms with Gasteiger partial charge in [-0.2, -0.15) is 5.26 Å². The number of hydrogen-bond acceptors (Lipinski definition) is 2. The minimum atomic E-state index is -0.0428. The van der Waals surface area contributed by atoms with Gasteiger partial charge in [-0.05, 0) is 32.6 Å². The molecule has 0 radical (unpaired) electrons. The summed E-state index contributed by atoms with van der Waals surface area (Å²) in [6.45, 7) is 5.52. The van der Waals surface area contributed by atoms with Crippen LogP contribution in [-0.4, -0.2) is 23.0 Å². The van der Waals surface area contributed by atoms with Gasteiger partial charge in [0.05, 0.1) is 6.07 Å². The number of hydrogen-bond donors (Lipinski definition) is 0. The van der Waals surface area contributed by atoms with Gasteiger partial charge in [0, 0.05) is 12.6 Å². The van der Waals surface area contributed by atoms with E-state index in [0.29, 0.717) is 6.04 Å². The second-order valence-electron chi connectivity index (χ2n) is 4.16. The SMILES string of the molecule is CC(C)N1CC2CC1(C#N)C2. The van der Waals surface area contributed by atoms with Crippen LogP contribution < -0.4 is 0 Å². The molecule has 0 aromatic carbocycles. The first kappa shape index (κ1) is 7.12. The van der Waals surface area contributed by atoms with Gasteiger partial charge in [0.2, 0.25) is 0 Å². The quantitative estimate of drug-likeness (QED) is 0.564. The van der Waals surface area contributed by atoms with Crippen molar-refractivity contribution in [1.29, 1.82) is 5.26 Å². The van der Waals surface area contributed by atoms with E-state index in [-0.39, 0.29) is 5.54 Å². The van der Waals surface area contributed by atoms with Crippen molar-refractivity contribution in [2.75, 3.05) is 6.54 Å². The summed E-state index contributed by atoms with van der Waals surface area (Å²) >= 11 is 0. The monoisotopic (exact) mass is 150 g/mol. The van der Waals surface area contributed by atoms with Gasteiger partial charge in [-0.15, -0.1) is 0 Å². The van der Waals surface area contributed by atoms with Crippen molar-refractivity contribution in [3.63, 3.8) is 0 Å². The fraction of sp³-hybridized carbons (Fsp3) is 0.889. The highest BCUT2D eigenvalue weighted by molar-refractivity contribution is 5.22. The lowest BCUT2D eigenvalue weighted by Gasteiger charge is -2.37. The summed E-state index contributed by atoms with van der Waals surface area (Å²) < 4.78 is 0. The third-order valence-corrected chi connectivity index (χ3v) is 3.09. The largest absolute Gasteiger partial charge is 0.283 e. The molecule has 0 aromatic rings. The smallest absolute Gasteiger partial charge is 0.110 e. The second-order valence-corrected chi connectivity index (χ2v) is 4.16. The van der Waals surface area contributed by atoms with Gasteiger partial charge < -0.3 is 0 Å². The van der Waals surface area contributed by atoms with Crippen molar-refractivity contribution in [3.05, 3.63) is 0 Å². The van der Waals surface area contributed by atoms with Gasteiger partial charge in [0.25, 0.3) is 0 Å². The molecule has 3 aliphatic rings. The maximum absolute atomic E-state index is 8.99. The summed E-state index contributed by atoms with van der Waals surface area (Å²) in [5, 5.41) is 8.99. The van der Waals surface area contributed by atoms with Crippen LogP contribution in [0, 0.1) is 17.2 Å². The number of nitriles is 1. The molecule has 0 spiro atoms. The molecule has 2 heteroatoms. The Morgan fingerprint density at radius 2 is 2.18 bits per heavy atom. The zero-order valence-electron chi connectivity index (χ0n) is 7.17. The van der Waals surface area contributed by atoms with E-state index in [9.17, 15) is 0 Å². The van der Waals surface area contributed by atoms with E-state index in [4.69, 9.17) is 5.26 Å². The van der Waals surface area contributed by atoms with Gasteiger partial charge in [0.15, 0.2) is 0 Å². The summed E-state index contributed by atoms with van der Waals surface area (Å²) in [5.41, 5.74) is -0.0428.